The van der Waals surface area contributed by atoms with Gasteiger partial charge in [0.2, 0.25) is 0 Å². The van der Waals surface area contributed by atoms with Gasteiger partial charge in [0.15, 0.2) is 11.5 Å². The number of esters is 1. The number of hydrogen-bond donors (Lipinski definition) is 0. The number of benzene rings is 1. The van der Waals surface area contributed by atoms with E-state index in [0.717, 1.165) is 17.5 Å². The second-order valence-electron chi connectivity index (χ2n) is 3.62. The van der Waals surface area contributed by atoms with Crippen molar-refractivity contribution in [3.05, 3.63) is 29.3 Å². The van der Waals surface area contributed by atoms with Crippen LogP contribution in [0.2, 0.25) is 0 Å². The van der Waals surface area contributed by atoms with Crippen LogP contribution in [0.5, 0.6) is 11.5 Å². The molecule has 0 saturated heterocycles. The summed E-state index contributed by atoms with van der Waals surface area (Å²) in [6, 6.07) is 3.76. The topological polar surface area (TPSA) is 44.8 Å². The minimum Gasteiger partial charge on any atom is -0.493 e. The van der Waals surface area contributed by atoms with Crippen molar-refractivity contribution in [2.24, 2.45) is 0 Å². The van der Waals surface area contributed by atoms with E-state index in [1.165, 1.54) is 13.2 Å². The third kappa shape index (κ3) is 3.26. The zero-order valence-corrected chi connectivity index (χ0v) is 11.1. The van der Waals surface area contributed by atoms with E-state index >= 15 is 0 Å². The summed E-state index contributed by atoms with van der Waals surface area (Å²) in [6.07, 6.45) is 3.94. The Morgan fingerprint density at radius 1 is 1.17 bits per heavy atom. The Morgan fingerprint density at radius 3 is 2.28 bits per heavy atom. The van der Waals surface area contributed by atoms with Gasteiger partial charge in [-0.15, -0.1) is 0 Å². The molecule has 0 aromatic heterocycles. The van der Waals surface area contributed by atoms with E-state index in [1.54, 1.807) is 20.3 Å². The highest BCUT2D eigenvalue weighted by atomic mass is 16.5. The lowest BCUT2D eigenvalue weighted by Gasteiger charge is -2.11. The maximum absolute atomic E-state index is 11.1. The Morgan fingerprint density at radius 2 is 1.78 bits per heavy atom. The SMILES string of the molecule is CCc1cc(OC)c(OC)cc1C=CC(=O)OC. The van der Waals surface area contributed by atoms with Crippen LogP contribution in [0.3, 0.4) is 0 Å². The highest BCUT2D eigenvalue weighted by molar-refractivity contribution is 5.87. The van der Waals surface area contributed by atoms with Crippen LogP contribution in [0.4, 0.5) is 0 Å². The summed E-state index contributed by atoms with van der Waals surface area (Å²) in [7, 11) is 4.53. The standard InChI is InChI=1S/C14H18O4/c1-5-10-8-12(16-2)13(17-3)9-11(10)6-7-14(15)18-4/h6-9H,5H2,1-4H3. The number of carbonyl (C=O) groups is 1. The molecule has 0 saturated carbocycles. The van der Waals surface area contributed by atoms with Gasteiger partial charge in [-0.05, 0) is 35.8 Å². The Hall–Kier alpha value is -1.97. The number of methoxy groups -OCH3 is 3. The monoisotopic (exact) mass is 250 g/mol. The van der Waals surface area contributed by atoms with Crippen molar-refractivity contribution in [1.82, 2.24) is 0 Å². The largest absolute Gasteiger partial charge is 0.493 e. The second kappa shape index (κ2) is 6.69. The van der Waals surface area contributed by atoms with Crippen molar-refractivity contribution < 1.29 is 19.0 Å². The summed E-state index contributed by atoms with van der Waals surface area (Å²) in [4.78, 5) is 11.1. The summed E-state index contributed by atoms with van der Waals surface area (Å²) < 4.78 is 15.0. The first-order valence-corrected chi connectivity index (χ1v) is 5.67. The molecule has 0 radical (unpaired) electrons. The Labute approximate surface area is 107 Å². The van der Waals surface area contributed by atoms with Crippen LogP contribution in [0.1, 0.15) is 18.1 Å². The minimum atomic E-state index is -0.383. The summed E-state index contributed by atoms with van der Waals surface area (Å²) in [5.74, 6) is 0.940. The highest BCUT2D eigenvalue weighted by Gasteiger charge is 2.08. The normalized spacial score (nSPS) is 10.4. The van der Waals surface area contributed by atoms with Gasteiger partial charge in [0.1, 0.15) is 0 Å². The fraction of sp³-hybridized carbons (Fsp3) is 0.357. The molecule has 0 N–H and O–H groups in total. The molecule has 4 heteroatoms. The lowest BCUT2D eigenvalue weighted by molar-refractivity contribution is -0.134. The third-order valence-corrected chi connectivity index (χ3v) is 2.63. The van der Waals surface area contributed by atoms with E-state index in [-0.39, 0.29) is 5.97 Å². The zero-order valence-electron chi connectivity index (χ0n) is 11.1. The molecule has 98 valence electrons. The molecule has 1 rings (SSSR count). The number of rotatable bonds is 5. The number of hydrogen-bond acceptors (Lipinski definition) is 4. The molecule has 0 atom stereocenters. The van der Waals surface area contributed by atoms with Crippen molar-refractivity contribution in [3.63, 3.8) is 0 Å². The van der Waals surface area contributed by atoms with Gasteiger partial charge in [-0.2, -0.15) is 0 Å². The molecule has 1 aromatic rings. The van der Waals surface area contributed by atoms with Crippen LogP contribution in [0.15, 0.2) is 18.2 Å². The molecular weight excluding hydrogens is 232 g/mol. The molecular formula is C14H18O4. The quantitative estimate of drug-likeness (QED) is 0.595. The highest BCUT2D eigenvalue weighted by Crippen LogP contribution is 2.31. The Balaban J connectivity index is 3.17. The summed E-state index contributed by atoms with van der Waals surface area (Å²) in [5, 5.41) is 0. The Kier molecular flexibility index (Phi) is 5.24. The van der Waals surface area contributed by atoms with E-state index in [0.29, 0.717) is 11.5 Å². The van der Waals surface area contributed by atoms with Crippen LogP contribution in [-0.4, -0.2) is 27.3 Å². The summed E-state index contributed by atoms with van der Waals surface area (Å²) >= 11 is 0. The predicted octanol–water partition coefficient (Wildman–Crippen LogP) is 2.45. The van der Waals surface area contributed by atoms with Crippen LogP contribution < -0.4 is 9.47 Å². The molecule has 0 heterocycles. The van der Waals surface area contributed by atoms with Crippen LogP contribution in [-0.2, 0) is 16.0 Å². The average Bonchev–Trinajstić information content (AvgIpc) is 2.43. The van der Waals surface area contributed by atoms with Gasteiger partial charge in [0, 0.05) is 6.08 Å². The Bertz CT molecular complexity index is 449. The number of ether oxygens (including phenoxy) is 3. The lowest BCUT2D eigenvalue weighted by atomic mass is 10.0. The lowest BCUT2D eigenvalue weighted by Crippen LogP contribution is -1.97. The van der Waals surface area contributed by atoms with E-state index in [9.17, 15) is 4.79 Å². The average molecular weight is 250 g/mol. The van der Waals surface area contributed by atoms with Crippen molar-refractivity contribution in [1.29, 1.82) is 0 Å². The fourth-order valence-corrected chi connectivity index (χ4v) is 1.62. The smallest absolute Gasteiger partial charge is 0.330 e. The molecule has 0 aliphatic carbocycles. The number of aryl methyl sites for hydroxylation is 1. The van der Waals surface area contributed by atoms with E-state index < -0.39 is 0 Å². The molecule has 0 amide bonds. The molecule has 0 aliphatic rings. The third-order valence-electron chi connectivity index (χ3n) is 2.63. The molecule has 0 aliphatic heterocycles. The number of carbonyl (C=O) groups excluding carboxylic acids is 1. The van der Waals surface area contributed by atoms with Crippen molar-refractivity contribution in [3.8, 4) is 11.5 Å². The van der Waals surface area contributed by atoms with Gasteiger partial charge in [0.25, 0.3) is 0 Å². The molecule has 0 fully saturated rings. The molecule has 18 heavy (non-hydrogen) atoms. The van der Waals surface area contributed by atoms with Crippen molar-refractivity contribution >= 4 is 12.0 Å². The van der Waals surface area contributed by atoms with Crippen molar-refractivity contribution in [2.75, 3.05) is 21.3 Å². The minimum absolute atomic E-state index is 0.383. The summed E-state index contributed by atoms with van der Waals surface area (Å²) in [5.41, 5.74) is 1.99. The van der Waals surface area contributed by atoms with Gasteiger partial charge in [-0.1, -0.05) is 6.92 Å². The van der Waals surface area contributed by atoms with Gasteiger partial charge in [-0.25, -0.2) is 4.79 Å². The fourth-order valence-electron chi connectivity index (χ4n) is 1.62. The summed E-state index contributed by atoms with van der Waals surface area (Å²) in [6.45, 7) is 2.04. The second-order valence-corrected chi connectivity index (χ2v) is 3.62. The van der Waals surface area contributed by atoms with E-state index in [1.807, 2.05) is 19.1 Å². The zero-order chi connectivity index (χ0) is 13.5. The first kappa shape index (κ1) is 14.1. The van der Waals surface area contributed by atoms with Crippen molar-refractivity contribution in [2.45, 2.75) is 13.3 Å². The van der Waals surface area contributed by atoms with E-state index in [4.69, 9.17) is 9.47 Å². The first-order valence-electron chi connectivity index (χ1n) is 5.67. The molecule has 0 spiro atoms. The van der Waals surface area contributed by atoms with Gasteiger partial charge in [-0.3, -0.25) is 0 Å². The van der Waals surface area contributed by atoms with Crippen LogP contribution >= 0.6 is 0 Å². The molecule has 0 bridgehead atoms. The van der Waals surface area contributed by atoms with Crippen LogP contribution in [0.25, 0.3) is 6.08 Å². The van der Waals surface area contributed by atoms with Gasteiger partial charge >= 0.3 is 5.97 Å². The molecule has 4 nitrogen and oxygen atoms in total. The van der Waals surface area contributed by atoms with Gasteiger partial charge < -0.3 is 14.2 Å². The first-order chi connectivity index (χ1) is 8.65. The predicted molar refractivity (Wildman–Crippen MR) is 70.0 cm³/mol. The van der Waals surface area contributed by atoms with Gasteiger partial charge in [0.05, 0.1) is 21.3 Å². The maximum Gasteiger partial charge on any atom is 0.330 e. The molecule has 1 aromatic carbocycles. The maximum atomic E-state index is 11.1. The molecule has 0 unspecified atom stereocenters. The van der Waals surface area contributed by atoms with E-state index in [2.05, 4.69) is 4.74 Å². The van der Waals surface area contributed by atoms with Crippen LogP contribution in [0, 0.1) is 0 Å².